The summed E-state index contributed by atoms with van der Waals surface area (Å²) in [6.07, 6.45) is 5.03. The molecule has 0 aliphatic carbocycles. The zero-order valence-electron chi connectivity index (χ0n) is 11.6. The highest BCUT2D eigenvalue weighted by molar-refractivity contribution is 5.97. The van der Waals surface area contributed by atoms with Crippen molar-refractivity contribution in [1.29, 1.82) is 0 Å². The van der Waals surface area contributed by atoms with Crippen LogP contribution in [0.2, 0.25) is 0 Å². The summed E-state index contributed by atoms with van der Waals surface area (Å²) in [4.78, 5) is 17.7. The zero-order valence-corrected chi connectivity index (χ0v) is 11.6. The van der Waals surface area contributed by atoms with Crippen LogP contribution < -0.4 is 11.1 Å². The van der Waals surface area contributed by atoms with Crippen LogP contribution in [0.3, 0.4) is 0 Å². The van der Waals surface area contributed by atoms with Crippen LogP contribution in [-0.2, 0) is 0 Å². The van der Waals surface area contributed by atoms with E-state index in [1.807, 2.05) is 0 Å². The fourth-order valence-electron chi connectivity index (χ4n) is 2.62. The number of nitrogens with two attached hydrogens (primary N) is 1. The normalized spacial score (nSPS) is 19.8. The molecule has 0 bridgehead atoms. The Hall–Kier alpha value is -1.66. The summed E-state index contributed by atoms with van der Waals surface area (Å²) in [5.41, 5.74) is 5.72. The molecule has 6 heteroatoms. The summed E-state index contributed by atoms with van der Waals surface area (Å²) in [7, 11) is 0. The molecule has 0 spiro atoms. The molecule has 0 aromatic carbocycles. The van der Waals surface area contributed by atoms with Crippen molar-refractivity contribution in [3.8, 4) is 0 Å². The van der Waals surface area contributed by atoms with E-state index < -0.39 is 5.91 Å². The number of aliphatic hydroxyl groups excluding tert-OH is 1. The Balaban J connectivity index is 1.88. The number of rotatable bonds is 6. The lowest BCUT2D eigenvalue weighted by molar-refractivity contribution is 0.0940. The summed E-state index contributed by atoms with van der Waals surface area (Å²) in [5.74, 6) is 0.0457. The van der Waals surface area contributed by atoms with Crippen molar-refractivity contribution in [2.75, 3.05) is 31.6 Å². The maximum atomic E-state index is 11.3. The maximum Gasteiger partial charge on any atom is 0.252 e. The van der Waals surface area contributed by atoms with Crippen molar-refractivity contribution in [1.82, 2.24) is 9.88 Å². The molecule has 0 saturated carbocycles. The number of anilines is 1. The molecule has 1 fully saturated rings. The Morgan fingerprint density at radius 1 is 1.55 bits per heavy atom. The minimum absolute atomic E-state index is 0.204. The minimum Gasteiger partial charge on any atom is -0.395 e. The van der Waals surface area contributed by atoms with Gasteiger partial charge >= 0.3 is 0 Å². The van der Waals surface area contributed by atoms with Crippen molar-refractivity contribution in [3.05, 3.63) is 23.9 Å². The number of nitrogens with zero attached hydrogens (tertiary/aromatic N) is 2. The van der Waals surface area contributed by atoms with Crippen LogP contribution >= 0.6 is 0 Å². The van der Waals surface area contributed by atoms with Gasteiger partial charge in [-0.3, -0.25) is 9.69 Å². The van der Waals surface area contributed by atoms with Crippen LogP contribution in [0.1, 0.15) is 29.6 Å². The number of piperidine rings is 1. The zero-order chi connectivity index (χ0) is 14.4. The molecule has 1 saturated heterocycles. The van der Waals surface area contributed by atoms with Crippen molar-refractivity contribution < 1.29 is 9.90 Å². The molecule has 1 aliphatic heterocycles. The summed E-state index contributed by atoms with van der Waals surface area (Å²) < 4.78 is 0. The second-order valence-electron chi connectivity index (χ2n) is 5.06. The average Bonchev–Trinajstić information content (AvgIpc) is 2.48. The van der Waals surface area contributed by atoms with E-state index in [1.165, 1.54) is 12.8 Å². The number of aromatic nitrogens is 1. The fraction of sp³-hybridized carbons (Fsp3) is 0.571. The molecule has 6 nitrogen and oxygen atoms in total. The molecule has 1 aliphatic rings. The van der Waals surface area contributed by atoms with Crippen LogP contribution in [0, 0.1) is 0 Å². The first-order chi connectivity index (χ1) is 9.72. The highest BCUT2D eigenvalue weighted by Crippen LogP contribution is 2.16. The number of pyridine rings is 1. The largest absolute Gasteiger partial charge is 0.395 e. The third-order valence-corrected chi connectivity index (χ3v) is 3.72. The van der Waals surface area contributed by atoms with Crippen molar-refractivity contribution in [2.24, 2.45) is 5.73 Å². The Morgan fingerprint density at radius 2 is 2.40 bits per heavy atom. The molecular formula is C14H22N4O2. The van der Waals surface area contributed by atoms with Crippen LogP contribution in [0.4, 0.5) is 5.82 Å². The number of carbonyl (C=O) groups is 1. The predicted molar refractivity (Wildman–Crippen MR) is 77.5 cm³/mol. The number of aliphatic hydroxyl groups is 1. The number of primary amides is 1. The van der Waals surface area contributed by atoms with Gasteiger partial charge in [0.15, 0.2) is 0 Å². The monoisotopic (exact) mass is 278 g/mol. The lowest BCUT2D eigenvalue weighted by atomic mass is 10.0. The first kappa shape index (κ1) is 14.7. The lowest BCUT2D eigenvalue weighted by Crippen LogP contribution is -2.44. The molecule has 2 rings (SSSR count). The summed E-state index contributed by atoms with van der Waals surface area (Å²) in [5, 5.41) is 12.5. The van der Waals surface area contributed by atoms with Crippen LogP contribution in [0.5, 0.6) is 0 Å². The molecule has 4 N–H and O–H groups in total. The van der Waals surface area contributed by atoms with Gasteiger partial charge in [-0.25, -0.2) is 4.98 Å². The van der Waals surface area contributed by atoms with Crippen molar-refractivity contribution in [2.45, 2.75) is 25.3 Å². The van der Waals surface area contributed by atoms with Gasteiger partial charge in [0.2, 0.25) is 0 Å². The Morgan fingerprint density at radius 3 is 3.15 bits per heavy atom. The van der Waals surface area contributed by atoms with Gasteiger partial charge in [0.1, 0.15) is 5.82 Å². The molecule has 20 heavy (non-hydrogen) atoms. The van der Waals surface area contributed by atoms with Gasteiger partial charge < -0.3 is 16.2 Å². The van der Waals surface area contributed by atoms with E-state index in [2.05, 4.69) is 15.2 Å². The highest BCUT2D eigenvalue weighted by atomic mass is 16.3. The van der Waals surface area contributed by atoms with E-state index in [-0.39, 0.29) is 12.6 Å². The molecule has 0 unspecified atom stereocenters. The number of amides is 1. The van der Waals surface area contributed by atoms with E-state index in [0.717, 1.165) is 19.5 Å². The van der Waals surface area contributed by atoms with Gasteiger partial charge in [0.25, 0.3) is 5.91 Å². The predicted octanol–water partition coefficient (Wildman–Crippen LogP) is 0.439. The summed E-state index contributed by atoms with van der Waals surface area (Å²) in [6.45, 7) is 2.71. The van der Waals surface area contributed by atoms with E-state index in [0.29, 0.717) is 17.9 Å². The first-order valence-corrected chi connectivity index (χ1v) is 7.06. The molecule has 1 amide bonds. The molecule has 0 radical (unpaired) electrons. The highest BCUT2D eigenvalue weighted by Gasteiger charge is 2.21. The smallest absolute Gasteiger partial charge is 0.252 e. The van der Waals surface area contributed by atoms with Crippen molar-refractivity contribution in [3.63, 3.8) is 0 Å². The van der Waals surface area contributed by atoms with Gasteiger partial charge in [0, 0.05) is 25.3 Å². The molecular weight excluding hydrogens is 256 g/mol. The fourth-order valence-corrected chi connectivity index (χ4v) is 2.62. The van der Waals surface area contributed by atoms with E-state index in [9.17, 15) is 9.90 Å². The van der Waals surface area contributed by atoms with Crippen LogP contribution in [0.15, 0.2) is 18.3 Å². The van der Waals surface area contributed by atoms with Crippen molar-refractivity contribution >= 4 is 11.7 Å². The third-order valence-electron chi connectivity index (χ3n) is 3.72. The molecule has 1 atom stereocenters. The first-order valence-electron chi connectivity index (χ1n) is 7.06. The standard InChI is InChI=1S/C14H22N4O2/c15-13(20)12-5-3-6-16-14(12)17-7-9-18-8-2-1-4-11(18)10-19/h3,5-6,11,19H,1-2,4,7-10H2,(H2,15,20)(H,16,17)/t11-/m1/s1. The number of nitrogens with one attached hydrogen (secondary N) is 1. The number of hydrogen-bond acceptors (Lipinski definition) is 5. The summed E-state index contributed by atoms with van der Waals surface area (Å²) >= 11 is 0. The Bertz CT molecular complexity index is 453. The van der Waals surface area contributed by atoms with Gasteiger partial charge in [-0.15, -0.1) is 0 Å². The second kappa shape index (κ2) is 7.21. The quantitative estimate of drug-likeness (QED) is 0.702. The molecule has 2 heterocycles. The SMILES string of the molecule is NC(=O)c1cccnc1NCCN1CCCC[C@@H]1CO. The lowest BCUT2D eigenvalue weighted by Gasteiger charge is -2.34. The minimum atomic E-state index is -0.480. The number of hydrogen-bond donors (Lipinski definition) is 3. The third kappa shape index (κ3) is 3.68. The van der Waals surface area contributed by atoms with Gasteiger partial charge in [-0.05, 0) is 31.5 Å². The summed E-state index contributed by atoms with van der Waals surface area (Å²) in [6, 6.07) is 3.61. The Labute approximate surface area is 119 Å². The number of likely N-dealkylation sites (tertiary alicyclic amines) is 1. The van der Waals surface area contributed by atoms with Gasteiger partial charge in [-0.1, -0.05) is 6.42 Å². The molecule has 110 valence electrons. The topological polar surface area (TPSA) is 91.5 Å². The number of carbonyl (C=O) groups excluding carboxylic acids is 1. The van der Waals surface area contributed by atoms with E-state index >= 15 is 0 Å². The Kier molecular flexibility index (Phi) is 5.31. The second-order valence-corrected chi connectivity index (χ2v) is 5.06. The molecule has 1 aromatic rings. The van der Waals surface area contributed by atoms with E-state index in [4.69, 9.17) is 5.73 Å². The average molecular weight is 278 g/mol. The van der Waals surface area contributed by atoms with Crippen LogP contribution in [-0.4, -0.2) is 53.2 Å². The molecule has 1 aromatic heterocycles. The van der Waals surface area contributed by atoms with Crippen LogP contribution in [0.25, 0.3) is 0 Å². The van der Waals surface area contributed by atoms with E-state index in [1.54, 1.807) is 18.3 Å². The van der Waals surface area contributed by atoms with Gasteiger partial charge in [-0.2, -0.15) is 0 Å². The van der Waals surface area contributed by atoms with Gasteiger partial charge in [0.05, 0.1) is 12.2 Å². The maximum absolute atomic E-state index is 11.3.